The van der Waals surface area contributed by atoms with Gasteiger partial charge in [0, 0.05) is 23.0 Å². The normalized spacial score (nSPS) is 18.9. The molecule has 0 aromatic rings. The molecule has 6 heteroatoms. The standard InChI is InChI=1S/C10H16O3S3/c1-8-4-15-6-9(7-16-5-8)12-2-3-13-10(11)14/h9H,1-7H2,(H,11,14). The van der Waals surface area contributed by atoms with E-state index in [1.807, 2.05) is 23.5 Å². The van der Waals surface area contributed by atoms with Crippen molar-refractivity contribution in [2.45, 2.75) is 6.10 Å². The van der Waals surface area contributed by atoms with Gasteiger partial charge in [0.2, 0.25) is 0 Å². The predicted octanol–water partition coefficient (Wildman–Crippen LogP) is 2.47. The highest BCUT2D eigenvalue weighted by molar-refractivity contribution is 8.01. The summed E-state index contributed by atoms with van der Waals surface area (Å²) in [5.41, 5.74) is 1.29. The fraction of sp³-hybridized carbons (Fsp3) is 0.700. The van der Waals surface area contributed by atoms with Gasteiger partial charge in [-0.15, -0.1) is 0 Å². The maximum atomic E-state index is 10.4. The lowest BCUT2D eigenvalue weighted by molar-refractivity contribution is 0.0499. The van der Waals surface area contributed by atoms with Crippen LogP contribution in [-0.2, 0) is 9.47 Å². The van der Waals surface area contributed by atoms with E-state index in [1.54, 1.807) is 0 Å². The Hall–Kier alpha value is 0.220. The van der Waals surface area contributed by atoms with Crippen molar-refractivity contribution in [1.29, 1.82) is 0 Å². The Morgan fingerprint density at radius 1 is 1.38 bits per heavy atom. The number of rotatable bonds is 4. The summed E-state index contributed by atoms with van der Waals surface area (Å²) in [6, 6.07) is 0. The smallest absolute Gasteiger partial charge is 0.364 e. The molecule has 1 saturated heterocycles. The summed E-state index contributed by atoms with van der Waals surface area (Å²) in [4.78, 5) is 10.4. The van der Waals surface area contributed by atoms with Crippen LogP contribution in [-0.4, -0.2) is 47.6 Å². The molecule has 0 amide bonds. The number of carbonyl (C=O) groups excluding carboxylic acids is 1. The molecule has 1 aliphatic heterocycles. The first kappa shape index (κ1) is 14.3. The summed E-state index contributed by atoms with van der Waals surface area (Å²) in [6.45, 7) is 4.71. The summed E-state index contributed by atoms with van der Waals surface area (Å²) in [5.74, 6) is 3.97. The lowest BCUT2D eigenvalue weighted by atomic mass is 10.4. The minimum atomic E-state index is -0.554. The van der Waals surface area contributed by atoms with Crippen LogP contribution in [0.1, 0.15) is 0 Å². The molecule has 3 nitrogen and oxygen atoms in total. The molecule has 0 atom stereocenters. The first-order chi connectivity index (χ1) is 7.68. The monoisotopic (exact) mass is 280 g/mol. The van der Waals surface area contributed by atoms with Gasteiger partial charge in [-0.1, -0.05) is 24.8 Å². The summed E-state index contributed by atoms with van der Waals surface area (Å²) in [7, 11) is 0. The van der Waals surface area contributed by atoms with Crippen LogP contribution in [0.25, 0.3) is 0 Å². The van der Waals surface area contributed by atoms with E-state index in [-0.39, 0.29) is 12.7 Å². The first-order valence-corrected chi connectivity index (χ1v) is 7.73. The van der Waals surface area contributed by atoms with Crippen molar-refractivity contribution in [3.8, 4) is 0 Å². The second-order valence-electron chi connectivity index (χ2n) is 3.39. The van der Waals surface area contributed by atoms with Gasteiger partial charge in [-0.05, 0) is 0 Å². The molecule has 0 aromatic heterocycles. The van der Waals surface area contributed by atoms with Gasteiger partial charge in [-0.3, -0.25) is 0 Å². The van der Waals surface area contributed by atoms with E-state index in [2.05, 4.69) is 23.9 Å². The third-order valence-corrected chi connectivity index (χ3v) is 4.45. The highest BCUT2D eigenvalue weighted by Gasteiger charge is 2.13. The van der Waals surface area contributed by atoms with E-state index < -0.39 is 5.30 Å². The average molecular weight is 280 g/mol. The Bertz CT molecular complexity index is 233. The topological polar surface area (TPSA) is 35.5 Å². The zero-order valence-electron chi connectivity index (χ0n) is 9.02. The lowest BCUT2D eigenvalue weighted by Gasteiger charge is -2.20. The Labute approximate surface area is 110 Å². The molecule has 16 heavy (non-hydrogen) atoms. The number of thioether (sulfide) groups is 2. The SMILES string of the molecule is C=C1CSCC(OCCOC(=O)S)CSC1. The summed E-state index contributed by atoms with van der Waals surface area (Å²) in [5, 5.41) is -0.554. The summed E-state index contributed by atoms with van der Waals surface area (Å²) in [6.07, 6.45) is 0.238. The molecular formula is C10H16O3S3. The zero-order valence-corrected chi connectivity index (χ0v) is 11.5. The maximum Gasteiger partial charge on any atom is 0.364 e. The quantitative estimate of drug-likeness (QED) is 0.370. The zero-order chi connectivity index (χ0) is 11.8. The van der Waals surface area contributed by atoms with Crippen LogP contribution in [0, 0.1) is 0 Å². The molecule has 0 saturated carbocycles. The van der Waals surface area contributed by atoms with E-state index in [0.29, 0.717) is 6.61 Å². The van der Waals surface area contributed by atoms with Crippen LogP contribution in [0.2, 0.25) is 0 Å². The number of carbonyl (C=O) groups is 1. The minimum absolute atomic E-state index is 0.238. The number of hydrogen-bond donors (Lipinski definition) is 1. The van der Waals surface area contributed by atoms with Gasteiger partial charge in [0.15, 0.2) is 0 Å². The molecule has 0 bridgehead atoms. The fourth-order valence-electron chi connectivity index (χ4n) is 1.20. The molecule has 92 valence electrons. The van der Waals surface area contributed by atoms with Gasteiger partial charge in [0.1, 0.15) is 6.61 Å². The van der Waals surface area contributed by atoms with Gasteiger partial charge in [0.05, 0.1) is 12.7 Å². The van der Waals surface area contributed by atoms with Crippen molar-refractivity contribution in [3.63, 3.8) is 0 Å². The molecule has 0 N–H and O–H groups in total. The Morgan fingerprint density at radius 2 is 2.00 bits per heavy atom. The van der Waals surface area contributed by atoms with Crippen LogP contribution in [0.5, 0.6) is 0 Å². The molecule has 0 spiro atoms. The van der Waals surface area contributed by atoms with E-state index >= 15 is 0 Å². The molecule has 1 rings (SSSR count). The summed E-state index contributed by atoms with van der Waals surface area (Å²) >= 11 is 7.20. The van der Waals surface area contributed by atoms with Crippen LogP contribution < -0.4 is 0 Å². The molecule has 0 aromatic carbocycles. The largest absolute Gasteiger partial charge is 0.455 e. The number of ether oxygens (including phenoxy) is 2. The van der Waals surface area contributed by atoms with Crippen LogP contribution in [0.4, 0.5) is 4.79 Å². The second kappa shape index (κ2) is 8.33. The number of thiol groups is 1. The predicted molar refractivity (Wildman–Crippen MR) is 73.9 cm³/mol. The number of hydrogen-bond acceptors (Lipinski definition) is 5. The molecule has 0 aliphatic carbocycles. The highest BCUT2D eigenvalue weighted by atomic mass is 32.2. The van der Waals surface area contributed by atoms with Gasteiger partial charge in [-0.2, -0.15) is 23.5 Å². The Kier molecular flexibility index (Phi) is 7.44. The van der Waals surface area contributed by atoms with Gasteiger partial charge >= 0.3 is 5.30 Å². The van der Waals surface area contributed by atoms with Gasteiger partial charge in [-0.25, -0.2) is 4.79 Å². The first-order valence-electron chi connectivity index (χ1n) is 4.98. The van der Waals surface area contributed by atoms with Crippen molar-refractivity contribution in [2.75, 3.05) is 36.2 Å². The Morgan fingerprint density at radius 3 is 2.56 bits per heavy atom. The molecule has 0 radical (unpaired) electrons. The molecule has 0 unspecified atom stereocenters. The van der Waals surface area contributed by atoms with Gasteiger partial charge in [0.25, 0.3) is 0 Å². The Balaban J connectivity index is 2.11. The maximum absolute atomic E-state index is 10.4. The van der Waals surface area contributed by atoms with Gasteiger partial charge < -0.3 is 9.47 Å². The van der Waals surface area contributed by atoms with Crippen LogP contribution in [0.3, 0.4) is 0 Å². The third-order valence-electron chi connectivity index (χ3n) is 1.88. The van der Waals surface area contributed by atoms with E-state index in [9.17, 15) is 4.79 Å². The van der Waals surface area contributed by atoms with Crippen molar-refractivity contribution in [2.24, 2.45) is 0 Å². The third kappa shape index (κ3) is 6.73. The van der Waals surface area contributed by atoms with E-state index in [4.69, 9.17) is 4.74 Å². The van der Waals surface area contributed by atoms with Crippen LogP contribution in [0.15, 0.2) is 12.2 Å². The highest BCUT2D eigenvalue weighted by Crippen LogP contribution is 2.20. The fourth-order valence-corrected chi connectivity index (χ4v) is 3.54. The van der Waals surface area contributed by atoms with Crippen molar-refractivity contribution >= 4 is 41.5 Å². The minimum Gasteiger partial charge on any atom is -0.455 e. The molecule has 1 fully saturated rings. The summed E-state index contributed by atoms with van der Waals surface area (Å²) < 4.78 is 10.3. The van der Waals surface area contributed by atoms with E-state index in [0.717, 1.165) is 23.0 Å². The second-order valence-corrected chi connectivity index (χ2v) is 5.81. The van der Waals surface area contributed by atoms with Crippen molar-refractivity contribution in [1.82, 2.24) is 0 Å². The van der Waals surface area contributed by atoms with Crippen molar-refractivity contribution < 1.29 is 14.3 Å². The molecule has 1 aliphatic rings. The van der Waals surface area contributed by atoms with E-state index in [1.165, 1.54) is 5.57 Å². The molecular weight excluding hydrogens is 264 g/mol. The lowest BCUT2D eigenvalue weighted by Crippen LogP contribution is -2.23. The molecule has 1 heterocycles. The van der Waals surface area contributed by atoms with Crippen molar-refractivity contribution in [3.05, 3.63) is 12.2 Å². The average Bonchev–Trinajstić information content (AvgIpc) is 2.19. The van der Waals surface area contributed by atoms with Crippen LogP contribution >= 0.6 is 36.2 Å².